The van der Waals surface area contributed by atoms with E-state index < -0.39 is 0 Å². The van der Waals surface area contributed by atoms with Crippen molar-refractivity contribution in [2.45, 2.75) is 32.7 Å². The maximum absolute atomic E-state index is 12.9. The first-order valence-electron chi connectivity index (χ1n) is 9.01. The molecule has 5 nitrogen and oxygen atoms in total. The molecule has 2 aromatic carbocycles. The minimum Gasteiger partial charge on any atom is -0.294 e. The van der Waals surface area contributed by atoms with Crippen molar-refractivity contribution in [1.82, 2.24) is 19.3 Å². The molecule has 5 heteroatoms. The molecule has 136 valence electrons. The summed E-state index contributed by atoms with van der Waals surface area (Å²) < 4.78 is 3.32. The number of benzene rings is 2. The second kappa shape index (κ2) is 6.50. The van der Waals surface area contributed by atoms with Crippen LogP contribution in [0.1, 0.15) is 31.9 Å². The van der Waals surface area contributed by atoms with Gasteiger partial charge in [0.05, 0.1) is 18.4 Å². The van der Waals surface area contributed by atoms with Crippen molar-refractivity contribution in [1.29, 1.82) is 0 Å². The number of rotatable bonds is 3. The highest BCUT2D eigenvalue weighted by Crippen LogP contribution is 2.22. The predicted octanol–water partition coefficient (Wildman–Crippen LogP) is 3.93. The quantitative estimate of drug-likeness (QED) is 0.558. The van der Waals surface area contributed by atoms with Crippen LogP contribution in [0.15, 0.2) is 71.9 Å². The highest BCUT2D eigenvalue weighted by atomic mass is 16.1. The molecule has 4 aromatic rings. The molecule has 0 bridgehead atoms. The molecule has 2 heterocycles. The van der Waals surface area contributed by atoms with Gasteiger partial charge in [0.15, 0.2) is 5.65 Å². The minimum absolute atomic E-state index is 0.0814. The summed E-state index contributed by atoms with van der Waals surface area (Å²) in [7, 11) is 0. The summed E-state index contributed by atoms with van der Waals surface area (Å²) in [5.41, 5.74) is 3.84. The van der Waals surface area contributed by atoms with Gasteiger partial charge in [0.25, 0.3) is 5.56 Å². The van der Waals surface area contributed by atoms with Crippen molar-refractivity contribution in [2.75, 3.05) is 0 Å². The molecule has 0 spiro atoms. The summed E-state index contributed by atoms with van der Waals surface area (Å²) in [6.07, 6.45) is 3.19. The van der Waals surface area contributed by atoms with Crippen molar-refractivity contribution < 1.29 is 0 Å². The summed E-state index contributed by atoms with van der Waals surface area (Å²) in [5.74, 6) is 0. The second-order valence-corrected chi connectivity index (χ2v) is 7.75. The Bertz CT molecular complexity index is 1130. The number of hydrogen-bond acceptors (Lipinski definition) is 3. The van der Waals surface area contributed by atoms with Crippen molar-refractivity contribution in [2.24, 2.45) is 0 Å². The smallest absolute Gasteiger partial charge is 0.264 e. The first-order valence-corrected chi connectivity index (χ1v) is 9.01. The van der Waals surface area contributed by atoms with Crippen LogP contribution < -0.4 is 5.56 Å². The van der Waals surface area contributed by atoms with E-state index in [0.717, 1.165) is 11.3 Å². The molecule has 0 aliphatic rings. The van der Waals surface area contributed by atoms with E-state index in [2.05, 4.69) is 55.1 Å². The van der Waals surface area contributed by atoms with E-state index in [1.165, 1.54) is 5.56 Å². The molecular formula is C22H22N4O. The lowest BCUT2D eigenvalue weighted by Crippen LogP contribution is -2.21. The fourth-order valence-electron chi connectivity index (χ4n) is 3.13. The standard InChI is InChI=1S/C22H22N4O/c1-22(2,3)17-11-9-16(10-12-17)14-25-15-23-20-19(21(25)27)13-24-26(20)18-7-5-4-6-8-18/h4-13,15H,14H2,1-3H3. The largest absolute Gasteiger partial charge is 0.294 e. The highest BCUT2D eigenvalue weighted by Gasteiger charge is 2.14. The lowest BCUT2D eigenvalue weighted by atomic mass is 9.87. The topological polar surface area (TPSA) is 52.7 Å². The van der Waals surface area contributed by atoms with Crippen LogP contribution >= 0.6 is 0 Å². The van der Waals surface area contributed by atoms with Crippen molar-refractivity contribution in [3.05, 3.63) is 88.6 Å². The Morgan fingerprint density at radius 2 is 1.67 bits per heavy atom. The Morgan fingerprint density at radius 3 is 2.33 bits per heavy atom. The average Bonchev–Trinajstić information content (AvgIpc) is 3.09. The predicted molar refractivity (Wildman–Crippen MR) is 107 cm³/mol. The molecular weight excluding hydrogens is 336 g/mol. The van der Waals surface area contributed by atoms with Gasteiger partial charge in [-0.3, -0.25) is 9.36 Å². The molecule has 0 saturated carbocycles. The minimum atomic E-state index is -0.0814. The van der Waals surface area contributed by atoms with Crippen LogP contribution in [-0.4, -0.2) is 19.3 Å². The van der Waals surface area contributed by atoms with Gasteiger partial charge in [-0.2, -0.15) is 5.10 Å². The van der Waals surface area contributed by atoms with Crippen LogP contribution in [-0.2, 0) is 12.0 Å². The second-order valence-electron chi connectivity index (χ2n) is 7.75. The van der Waals surface area contributed by atoms with E-state index in [1.54, 1.807) is 21.8 Å². The van der Waals surface area contributed by atoms with Gasteiger partial charge in [0.1, 0.15) is 11.7 Å². The number of fused-ring (bicyclic) bond motifs is 1. The third-order valence-electron chi connectivity index (χ3n) is 4.73. The Balaban J connectivity index is 1.68. The molecule has 0 fully saturated rings. The lowest BCUT2D eigenvalue weighted by molar-refractivity contribution is 0.589. The Kier molecular flexibility index (Phi) is 4.15. The molecule has 0 unspecified atom stereocenters. The van der Waals surface area contributed by atoms with Gasteiger partial charge in [0, 0.05) is 0 Å². The number of aromatic nitrogens is 4. The zero-order valence-corrected chi connectivity index (χ0v) is 15.8. The summed E-state index contributed by atoms with van der Waals surface area (Å²) in [6.45, 7) is 7.06. The van der Waals surface area contributed by atoms with Crippen LogP contribution in [0.3, 0.4) is 0 Å². The molecule has 0 radical (unpaired) electrons. The van der Waals surface area contributed by atoms with Gasteiger partial charge in [0.2, 0.25) is 0 Å². The highest BCUT2D eigenvalue weighted by molar-refractivity contribution is 5.74. The fourth-order valence-corrected chi connectivity index (χ4v) is 3.13. The van der Waals surface area contributed by atoms with Crippen LogP contribution in [0, 0.1) is 0 Å². The Morgan fingerprint density at radius 1 is 0.963 bits per heavy atom. The molecule has 0 atom stereocenters. The van der Waals surface area contributed by atoms with E-state index in [0.29, 0.717) is 17.6 Å². The number of para-hydroxylation sites is 1. The molecule has 4 rings (SSSR count). The number of hydrogen-bond donors (Lipinski definition) is 0. The molecule has 0 aliphatic heterocycles. The SMILES string of the molecule is CC(C)(C)c1ccc(Cn2cnc3c(cnn3-c3ccccc3)c2=O)cc1. The van der Waals surface area contributed by atoms with Gasteiger partial charge in [-0.25, -0.2) is 9.67 Å². The molecule has 0 amide bonds. The van der Waals surface area contributed by atoms with Gasteiger partial charge >= 0.3 is 0 Å². The fraction of sp³-hybridized carbons (Fsp3) is 0.227. The van der Waals surface area contributed by atoms with Gasteiger partial charge in [-0.05, 0) is 28.7 Å². The first-order chi connectivity index (χ1) is 12.9. The normalized spacial score (nSPS) is 11.8. The molecule has 2 aromatic heterocycles. The summed E-state index contributed by atoms with van der Waals surface area (Å²) in [5, 5.41) is 4.87. The first kappa shape index (κ1) is 17.2. The molecule has 0 aliphatic carbocycles. The van der Waals surface area contributed by atoms with E-state index in [-0.39, 0.29) is 11.0 Å². The zero-order valence-electron chi connectivity index (χ0n) is 15.8. The number of nitrogens with zero attached hydrogens (tertiary/aromatic N) is 4. The van der Waals surface area contributed by atoms with Crippen LogP contribution in [0.5, 0.6) is 0 Å². The van der Waals surface area contributed by atoms with Gasteiger partial charge < -0.3 is 0 Å². The maximum atomic E-state index is 12.9. The monoisotopic (exact) mass is 358 g/mol. The third kappa shape index (κ3) is 3.28. The van der Waals surface area contributed by atoms with E-state index in [9.17, 15) is 4.79 Å². The van der Waals surface area contributed by atoms with Crippen LogP contribution in [0.4, 0.5) is 0 Å². The van der Waals surface area contributed by atoms with Crippen molar-refractivity contribution >= 4 is 11.0 Å². The average molecular weight is 358 g/mol. The summed E-state index contributed by atoms with van der Waals surface area (Å²) >= 11 is 0. The van der Waals surface area contributed by atoms with E-state index in [4.69, 9.17) is 0 Å². The Hall–Kier alpha value is -3.21. The van der Waals surface area contributed by atoms with Gasteiger partial charge in [-0.1, -0.05) is 63.2 Å². The Labute approximate surface area is 157 Å². The summed E-state index contributed by atoms with van der Waals surface area (Å²) in [4.78, 5) is 17.4. The van der Waals surface area contributed by atoms with Crippen molar-refractivity contribution in [3.8, 4) is 5.69 Å². The molecule has 0 N–H and O–H groups in total. The maximum Gasteiger partial charge on any atom is 0.264 e. The van der Waals surface area contributed by atoms with Gasteiger partial charge in [-0.15, -0.1) is 0 Å². The van der Waals surface area contributed by atoms with E-state index >= 15 is 0 Å². The molecule has 27 heavy (non-hydrogen) atoms. The van der Waals surface area contributed by atoms with Crippen LogP contribution in [0.2, 0.25) is 0 Å². The molecule has 0 saturated heterocycles. The van der Waals surface area contributed by atoms with E-state index in [1.807, 2.05) is 30.3 Å². The zero-order chi connectivity index (χ0) is 19.0. The third-order valence-corrected chi connectivity index (χ3v) is 4.73. The van der Waals surface area contributed by atoms with Crippen LogP contribution in [0.25, 0.3) is 16.7 Å². The lowest BCUT2D eigenvalue weighted by Gasteiger charge is -2.19. The summed E-state index contributed by atoms with van der Waals surface area (Å²) in [6, 6.07) is 18.1. The van der Waals surface area contributed by atoms with Crippen molar-refractivity contribution in [3.63, 3.8) is 0 Å².